The van der Waals surface area contributed by atoms with Gasteiger partial charge in [-0.2, -0.15) is 0 Å². The summed E-state index contributed by atoms with van der Waals surface area (Å²) >= 11 is 1.47. The molecule has 4 atom stereocenters. The summed E-state index contributed by atoms with van der Waals surface area (Å²) in [5.74, 6) is -1.33. The fourth-order valence-electron chi connectivity index (χ4n) is 3.71. The van der Waals surface area contributed by atoms with Crippen molar-refractivity contribution in [3.8, 4) is 0 Å². The van der Waals surface area contributed by atoms with E-state index in [1.54, 1.807) is 6.92 Å². The summed E-state index contributed by atoms with van der Waals surface area (Å²) in [7, 11) is 1.98. The van der Waals surface area contributed by atoms with Crippen LogP contribution < -0.4 is 4.57 Å². The van der Waals surface area contributed by atoms with Gasteiger partial charge in [-0.05, 0) is 12.5 Å². The van der Waals surface area contributed by atoms with Crippen molar-refractivity contribution in [1.29, 1.82) is 0 Å². The van der Waals surface area contributed by atoms with E-state index >= 15 is 0 Å². The number of carboxylic acids is 1. The predicted molar refractivity (Wildman–Crippen MR) is 93.3 cm³/mol. The van der Waals surface area contributed by atoms with Gasteiger partial charge in [0.15, 0.2) is 11.9 Å². The predicted octanol–water partition coefficient (Wildman–Crippen LogP) is 1.21. The van der Waals surface area contributed by atoms with Crippen molar-refractivity contribution in [3.05, 3.63) is 40.2 Å². The average molecular weight is 363 g/mol. The maximum Gasteiger partial charge on any atom is 0.353 e. The molecule has 25 heavy (non-hydrogen) atoms. The maximum atomic E-state index is 12.3. The number of hydrogen-bond donors (Lipinski definition) is 2. The van der Waals surface area contributed by atoms with Gasteiger partial charge in [-0.1, -0.05) is 6.92 Å². The van der Waals surface area contributed by atoms with Gasteiger partial charge in [0, 0.05) is 35.6 Å². The summed E-state index contributed by atoms with van der Waals surface area (Å²) in [6.45, 7) is 5.55. The number of pyridine rings is 1. The summed E-state index contributed by atoms with van der Waals surface area (Å²) in [6, 6.07) is 3.84. The van der Waals surface area contributed by atoms with E-state index in [9.17, 15) is 19.8 Å². The highest BCUT2D eigenvalue weighted by Crippen LogP contribution is 2.50. The Hall–Kier alpha value is -1.86. The highest BCUT2D eigenvalue weighted by molar-refractivity contribution is 8.02. The molecule has 7 heteroatoms. The number of aliphatic hydroxyl groups excluding tert-OH is 1. The zero-order valence-corrected chi connectivity index (χ0v) is 15.6. The van der Waals surface area contributed by atoms with Crippen molar-refractivity contribution in [2.24, 2.45) is 18.9 Å². The highest BCUT2D eigenvalue weighted by atomic mass is 32.2. The third-order valence-electron chi connectivity index (χ3n) is 5.17. The minimum Gasteiger partial charge on any atom is -0.477 e. The first-order valence-electron chi connectivity index (χ1n) is 8.30. The molecule has 1 amide bonds. The molecule has 0 aromatic carbocycles. The van der Waals surface area contributed by atoms with Crippen LogP contribution in [0.15, 0.2) is 28.9 Å². The third kappa shape index (κ3) is 2.85. The van der Waals surface area contributed by atoms with Crippen LogP contribution in [0.25, 0.3) is 0 Å². The van der Waals surface area contributed by atoms with Crippen LogP contribution in [0.4, 0.5) is 0 Å². The van der Waals surface area contributed by atoms with Crippen LogP contribution in [0.2, 0.25) is 0 Å². The molecular weight excluding hydrogens is 340 g/mol. The molecule has 2 N–H and O–H groups in total. The van der Waals surface area contributed by atoms with Gasteiger partial charge in [0.1, 0.15) is 12.7 Å². The van der Waals surface area contributed by atoms with E-state index in [0.717, 1.165) is 16.2 Å². The van der Waals surface area contributed by atoms with Crippen molar-refractivity contribution >= 4 is 23.6 Å². The number of nitrogens with zero attached hydrogens (tertiary/aromatic N) is 2. The first-order valence-corrected chi connectivity index (χ1v) is 9.29. The number of carboxylic acid groups (broad SMARTS) is 1. The maximum absolute atomic E-state index is 12.3. The number of thioether (sulfide) groups is 1. The molecule has 0 aliphatic carbocycles. The number of hydrogen-bond acceptors (Lipinski definition) is 4. The molecule has 2 aliphatic rings. The Morgan fingerprint density at radius 1 is 1.48 bits per heavy atom. The van der Waals surface area contributed by atoms with Gasteiger partial charge >= 0.3 is 5.97 Å². The normalized spacial score (nSPS) is 26.5. The average Bonchev–Trinajstić information content (AvgIpc) is 2.77. The van der Waals surface area contributed by atoms with Gasteiger partial charge in [-0.3, -0.25) is 4.79 Å². The van der Waals surface area contributed by atoms with Gasteiger partial charge in [0.2, 0.25) is 5.91 Å². The van der Waals surface area contributed by atoms with E-state index in [0.29, 0.717) is 5.75 Å². The number of aromatic nitrogens is 1. The van der Waals surface area contributed by atoms with Crippen LogP contribution in [-0.2, 0) is 22.4 Å². The number of fused-ring (bicyclic) bond motifs is 1. The number of carbonyl (C=O) groups excluding carboxylic acids is 1. The summed E-state index contributed by atoms with van der Waals surface area (Å²) in [5.41, 5.74) is 2.32. The second kappa shape index (κ2) is 6.46. The Labute approximate surface area is 151 Å². The molecule has 6 nitrogen and oxygen atoms in total. The second-order valence-corrected chi connectivity index (χ2v) is 7.87. The van der Waals surface area contributed by atoms with Crippen molar-refractivity contribution in [1.82, 2.24) is 4.90 Å². The quantitative estimate of drug-likeness (QED) is 0.607. The minimum absolute atomic E-state index is 0.0857. The Morgan fingerprint density at radius 2 is 2.16 bits per heavy atom. The van der Waals surface area contributed by atoms with E-state index in [1.165, 1.54) is 16.7 Å². The molecular formula is C18H23N2O4S+. The Morgan fingerprint density at radius 3 is 2.72 bits per heavy atom. The van der Waals surface area contributed by atoms with Crippen molar-refractivity contribution in [2.75, 3.05) is 0 Å². The molecule has 1 fully saturated rings. The molecule has 0 bridgehead atoms. The lowest BCUT2D eigenvalue weighted by molar-refractivity contribution is -0.677. The van der Waals surface area contributed by atoms with Crippen LogP contribution in [0.3, 0.4) is 0 Å². The summed E-state index contributed by atoms with van der Waals surface area (Å²) < 4.78 is 2.02. The van der Waals surface area contributed by atoms with Gasteiger partial charge in [0.25, 0.3) is 0 Å². The third-order valence-corrected chi connectivity index (χ3v) is 6.52. The lowest BCUT2D eigenvalue weighted by Gasteiger charge is -2.46. The molecule has 134 valence electrons. The Balaban J connectivity index is 1.85. The SMILES string of the molecule is Cc1cc(CSC2=C(C(=O)O)N3C(=O)[C@H](C(C)O)[C@@H]3[C@H]2C)cc[n+]1C. The molecule has 1 unspecified atom stereocenters. The topological polar surface area (TPSA) is 81.7 Å². The number of aliphatic hydroxyl groups is 1. The number of β-lactam (4-membered cyclic amide) rings is 1. The molecule has 3 heterocycles. The molecule has 0 spiro atoms. The summed E-state index contributed by atoms with van der Waals surface area (Å²) in [6.07, 6.45) is 1.21. The van der Waals surface area contributed by atoms with Gasteiger partial charge in [-0.25, -0.2) is 9.36 Å². The van der Waals surface area contributed by atoms with Crippen LogP contribution in [0.1, 0.15) is 25.1 Å². The fraction of sp³-hybridized carbons (Fsp3) is 0.500. The van der Waals surface area contributed by atoms with Gasteiger partial charge in [-0.15, -0.1) is 11.8 Å². The minimum atomic E-state index is -1.08. The van der Waals surface area contributed by atoms with Crippen molar-refractivity contribution in [2.45, 2.75) is 38.7 Å². The van der Waals surface area contributed by atoms with E-state index < -0.39 is 18.0 Å². The van der Waals surface area contributed by atoms with Crippen LogP contribution >= 0.6 is 11.8 Å². The molecule has 1 saturated heterocycles. The first kappa shape index (κ1) is 17.9. The number of amides is 1. The van der Waals surface area contributed by atoms with Crippen molar-refractivity contribution in [3.63, 3.8) is 0 Å². The fourth-order valence-corrected chi connectivity index (χ4v) is 4.94. The Kier molecular flexibility index (Phi) is 4.64. The zero-order chi connectivity index (χ0) is 18.5. The first-order chi connectivity index (χ1) is 11.7. The van der Waals surface area contributed by atoms with Gasteiger partial charge in [0.05, 0.1) is 18.1 Å². The summed E-state index contributed by atoms with van der Waals surface area (Å²) in [5, 5.41) is 19.5. The molecule has 3 rings (SSSR count). The lowest BCUT2D eigenvalue weighted by Crippen LogP contribution is -2.63. The molecule has 0 radical (unpaired) electrons. The lowest BCUT2D eigenvalue weighted by atomic mass is 9.79. The number of aliphatic carboxylic acids is 1. The molecule has 1 aromatic heterocycles. The van der Waals surface area contributed by atoms with E-state index in [1.807, 2.05) is 37.7 Å². The largest absolute Gasteiger partial charge is 0.477 e. The second-order valence-electron chi connectivity index (χ2n) is 6.85. The van der Waals surface area contributed by atoms with Crippen molar-refractivity contribution < 1.29 is 24.4 Å². The molecule has 2 aliphatic heterocycles. The number of carbonyl (C=O) groups is 2. The summed E-state index contributed by atoms with van der Waals surface area (Å²) in [4.78, 5) is 26.1. The standard InChI is InChI=1S/C18H22N2O4S/c1-9-7-12(5-6-19(9)4)8-25-16-10(2)14-13(11(3)21)17(22)20(14)15(16)18(23)24/h5-7,10-11,13-14,21H,8H2,1-4H3/p+1/t10-,11?,13-,14+/m1/s1. The van der Waals surface area contributed by atoms with E-state index in [2.05, 4.69) is 6.07 Å². The monoisotopic (exact) mass is 363 g/mol. The molecule has 0 saturated carbocycles. The zero-order valence-electron chi connectivity index (χ0n) is 14.8. The smallest absolute Gasteiger partial charge is 0.353 e. The van der Waals surface area contributed by atoms with Crippen LogP contribution in [-0.4, -0.2) is 39.1 Å². The van der Waals surface area contributed by atoms with Gasteiger partial charge < -0.3 is 15.1 Å². The van der Waals surface area contributed by atoms with E-state index in [-0.39, 0.29) is 23.6 Å². The number of aryl methyl sites for hydroxylation is 2. The molecule has 1 aromatic rings. The Bertz CT molecular complexity index is 774. The van der Waals surface area contributed by atoms with Crippen LogP contribution in [0.5, 0.6) is 0 Å². The van der Waals surface area contributed by atoms with Crippen LogP contribution in [0, 0.1) is 18.8 Å². The highest BCUT2D eigenvalue weighted by Gasteiger charge is 2.59. The number of rotatable bonds is 5. The van der Waals surface area contributed by atoms with E-state index in [4.69, 9.17) is 0 Å².